The van der Waals surface area contributed by atoms with Crippen molar-refractivity contribution < 1.29 is 4.79 Å². The van der Waals surface area contributed by atoms with Gasteiger partial charge in [0.05, 0.1) is 6.04 Å². The predicted molar refractivity (Wildman–Crippen MR) is 65.4 cm³/mol. The molecule has 1 aliphatic heterocycles. The summed E-state index contributed by atoms with van der Waals surface area (Å²) in [4.78, 5) is 13.5. The van der Waals surface area contributed by atoms with E-state index in [0.29, 0.717) is 0 Å². The molecule has 1 fully saturated rings. The van der Waals surface area contributed by atoms with Crippen molar-refractivity contribution in [1.82, 2.24) is 4.90 Å². The molecular formula is C14H19NO. The third-order valence-corrected chi connectivity index (χ3v) is 3.30. The molecule has 2 heteroatoms. The number of carbonyl (C=O) groups is 1. The zero-order valence-corrected chi connectivity index (χ0v) is 9.64. The lowest BCUT2D eigenvalue weighted by Crippen LogP contribution is -2.41. The first-order valence-corrected chi connectivity index (χ1v) is 6.13. The van der Waals surface area contributed by atoms with Crippen LogP contribution in [0, 0.1) is 0 Å². The predicted octanol–water partition coefficient (Wildman–Crippen LogP) is 2.28. The van der Waals surface area contributed by atoms with Gasteiger partial charge >= 0.3 is 0 Å². The maximum absolute atomic E-state index is 11.2. The van der Waals surface area contributed by atoms with Crippen LogP contribution in [0.25, 0.3) is 0 Å². The van der Waals surface area contributed by atoms with Gasteiger partial charge in [0.15, 0.2) is 0 Å². The average molecular weight is 217 g/mol. The fourth-order valence-corrected chi connectivity index (χ4v) is 2.37. The van der Waals surface area contributed by atoms with Crippen LogP contribution in [0.15, 0.2) is 30.3 Å². The van der Waals surface area contributed by atoms with Gasteiger partial charge in [0, 0.05) is 0 Å². The van der Waals surface area contributed by atoms with Gasteiger partial charge in [-0.3, -0.25) is 4.90 Å². The molecular weight excluding hydrogens is 198 g/mol. The topological polar surface area (TPSA) is 20.3 Å². The molecule has 0 bridgehead atoms. The molecule has 16 heavy (non-hydrogen) atoms. The van der Waals surface area contributed by atoms with E-state index in [4.69, 9.17) is 0 Å². The molecule has 1 atom stereocenters. The Hall–Kier alpha value is -1.15. The first-order valence-electron chi connectivity index (χ1n) is 6.13. The molecule has 0 spiro atoms. The Kier molecular flexibility index (Phi) is 4.11. The third-order valence-electron chi connectivity index (χ3n) is 3.30. The highest BCUT2D eigenvalue weighted by Crippen LogP contribution is 2.14. The molecule has 1 aliphatic rings. The summed E-state index contributed by atoms with van der Waals surface area (Å²) in [6, 6.07) is 10.4. The number of rotatable bonds is 4. The molecule has 1 aromatic rings. The van der Waals surface area contributed by atoms with Crippen molar-refractivity contribution in [3.63, 3.8) is 0 Å². The molecule has 0 saturated carbocycles. The highest BCUT2D eigenvalue weighted by molar-refractivity contribution is 5.58. The van der Waals surface area contributed by atoms with Gasteiger partial charge in [0.25, 0.3) is 0 Å². The number of piperidine rings is 1. The van der Waals surface area contributed by atoms with Gasteiger partial charge in [0.1, 0.15) is 6.29 Å². The van der Waals surface area contributed by atoms with Crippen molar-refractivity contribution in [2.24, 2.45) is 0 Å². The second-order valence-electron chi connectivity index (χ2n) is 4.49. The van der Waals surface area contributed by atoms with Crippen molar-refractivity contribution in [3.05, 3.63) is 35.9 Å². The highest BCUT2D eigenvalue weighted by Gasteiger charge is 2.19. The Morgan fingerprint density at radius 2 is 1.81 bits per heavy atom. The smallest absolute Gasteiger partial charge is 0.137 e. The Balaban J connectivity index is 1.97. The fourth-order valence-electron chi connectivity index (χ4n) is 2.37. The zero-order valence-electron chi connectivity index (χ0n) is 9.64. The van der Waals surface area contributed by atoms with Crippen LogP contribution in [0.3, 0.4) is 0 Å². The van der Waals surface area contributed by atoms with Crippen molar-refractivity contribution in [3.8, 4) is 0 Å². The number of carbonyl (C=O) groups excluding carboxylic acids is 1. The van der Waals surface area contributed by atoms with Gasteiger partial charge in [-0.2, -0.15) is 0 Å². The van der Waals surface area contributed by atoms with Crippen LogP contribution in [-0.4, -0.2) is 30.3 Å². The van der Waals surface area contributed by atoms with E-state index >= 15 is 0 Å². The van der Waals surface area contributed by atoms with Crippen molar-refractivity contribution in [2.75, 3.05) is 13.1 Å². The second kappa shape index (κ2) is 5.80. The van der Waals surface area contributed by atoms with Gasteiger partial charge in [-0.25, -0.2) is 0 Å². The summed E-state index contributed by atoms with van der Waals surface area (Å²) in [7, 11) is 0. The molecule has 0 aliphatic carbocycles. The van der Waals surface area contributed by atoms with E-state index in [1.54, 1.807) is 0 Å². The van der Waals surface area contributed by atoms with E-state index in [1.165, 1.54) is 24.8 Å². The summed E-state index contributed by atoms with van der Waals surface area (Å²) in [6.07, 6.45) is 5.74. The Morgan fingerprint density at radius 3 is 2.44 bits per heavy atom. The summed E-state index contributed by atoms with van der Waals surface area (Å²) in [5.41, 5.74) is 1.25. The van der Waals surface area contributed by atoms with Gasteiger partial charge in [-0.05, 0) is 37.9 Å². The number of hydrogen-bond donors (Lipinski definition) is 0. The van der Waals surface area contributed by atoms with E-state index in [-0.39, 0.29) is 6.04 Å². The summed E-state index contributed by atoms with van der Waals surface area (Å²) >= 11 is 0. The standard InChI is InChI=1S/C14H19NO/c16-12-14(15-9-5-2-6-10-15)11-13-7-3-1-4-8-13/h1,3-4,7-8,12,14H,2,5-6,9-11H2. The van der Waals surface area contributed by atoms with Crippen molar-refractivity contribution in [2.45, 2.75) is 31.7 Å². The molecule has 0 amide bonds. The normalized spacial score (nSPS) is 19.2. The summed E-state index contributed by atoms with van der Waals surface area (Å²) < 4.78 is 0. The van der Waals surface area contributed by atoms with E-state index in [1.807, 2.05) is 18.2 Å². The van der Waals surface area contributed by atoms with Crippen LogP contribution in [0.5, 0.6) is 0 Å². The molecule has 86 valence electrons. The van der Waals surface area contributed by atoms with E-state index in [0.717, 1.165) is 25.8 Å². The average Bonchev–Trinajstić information content (AvgIpc) is 2.38. The maximum atomic E-state index is 11.2. The maximum Gasteiger partial charge on any atom is 0.137 e. The van der Waals surface area contributed by atoms with Crippen molar-refractivity contribution >= 4 is 6.29 Å². The minimum atomic E-state index is 0.0719. The van der Waals surface area contributed by atoms with Crippen molar-refractivity contribution in [1.29, 1.82) is 0 Å². The number of nitrogens with zero attached hydrogens (tertiary/aromatic N) is 1. The number of benzene rings is 1. The molecule has 1 heterocycles. The van der Waals surface area contributed by atoms with E-state index < -0.39 is 0 Å². The number of likely N-dealkylation sites (tertiary alicyclic amines) is 1. The lowest BCUT2D eigenvalue weighted by molar-refractivity contribution is -0.112. The zero-order chi connectivity index (χ0) is 11.2. The Morgan fingerprint density at radius 1 is 1.12 bits per heavy atom. The molecule has 2 nitrogen and oxygen atoms in total. The van der Waals surface area contributed by atoms with E-state index in [2.05, 4.69) is 17.0 Å². The highest BCUT2D eigenvalue weighted by atomic mass is 16.1. The van der Waals surface area contributed by atoms with Crippen LogP contribution >= 0.6 is 0 Å². The van der Waals surface area contributed by atoms with Crippen LogP contribution in [0.1, 0.15) is 24.8 Å². The SMILES string of the molecule is O=CC(Cc1ccccc1)N1CCCCC1. The van der Waals surface area contributed by atoms with Gasteiger partial charge < -0.3 is 4.79 Å². The molecule has 0 radical (unpaired) electrons. The van der Waals surface area contributed by atoms with E-state index in [9.17, 15) is 4.79 Å². The molecule has 1 unspecified atom stereocenters. The fraction of sp³-hybridized carbons (Fsp3) is 0.500. The van der Waals surface area contributed by atoms with Crippen LogP contribution in [0.4, 0.5) is 0 Å². The lowest BCUT2D eigenvalue weighted by atomic mass is 10.0. The van der Waals surface area contributed by atoms with Crippen LogP contribution in [0.2, 0.25) is 0 Å². The summed E-state index contributed by atoms with van der Waals surface area (Å²) in [5, 5.41) is 0. The van der Waals surface area contributed by atoms with Gasteiger partial charge in [0.2, 0.25) is 0 Å². The monoisotopic (exact) mass is 217 g/mol. The molecule has 0 N–H and O–H groups in total. The second-order valence-corrected chi connectivity index (χ2v) is 4.49. The molecule has 1 saturated heterocycles. The summed E-state index contributed by atoms with van der Waals surface area (Å²) in [5.74, 6) is 0. The Bertz CT molecular complexity index is 317. The minimum absolute atomic E-state index is 0.0719. The van der Waals surface area contributed by atoms with Crippen LogP contribution in [-0.2, 0) is 11.2 Å². The molecule has 1 aromatic carbocycles. The number of aldehydes is 1. The van der Waals surface area contributed by atoms with Gasteiger partial charge in [-0.1, -0.05) is 36.8 Å². The quantitative estimate of drug-likeness (QED) is 0.721. The number of hydrogen-bond acceptors (Lipinski definition) is 2. The molecule has 2 rings (SSSR count). The first-order chi connectivity index (χ1) is 7.90. The summed E-state index contributed by atoms with van der Waals surface area (Å²) in [6.45, 7) is 2.16. The molecule has 0 aromatic heterocycles. The third kappa shape index (κ3) is 2.92. The first kappa shape index (κ1) is 11.3. The lowest BCUT2D eigenvalue weighted by Gasteiger charge is -2.31. The largest absolute Gasteiger partial charge is 0.302 e. The Labute approximate surface area is 97.3 Å². The van der Waals surface area contributed by atoms with Gasteiger partial charge in [-0.15, -0.1) is 0 Å². The van der Waals surface area contributed by atoms with Crippen LogP contribution < -0.4 is 0 Å². The minimum Gasteiger partial charge on any atom is -0.302 e.